The number of likely N-dealkylation sites (tertiary alicyclic amines) is 1. The van der Waals surface area contributed by atoms with Gasteiger partial charge in [-0.15, -0.1) is 0 Å². The van der Waals surface area contributed by atoms with Gasteiger partial charge in [0.15, 0.2) is 0 Å². The molecular formula is C15H22Cl2N2O2. The second-order valence-corrected chi connectivity index (χ2v) is 6.92. The van der Waals surface area contributed by atoms with E-state index in [1.165, 1.54) is 6.07 Å². The van der Waals surface area contributed by atoms with Crippen LogP contribution in [0.15, 0.2) is 12.1 Å². The fourth-order valence-corrected chi connectivity index (χ4v) is 3.50. The molecule has 1 aliphatic heterocycles. The largest absolute Gasteiger partial charge is 0.506 e. The van der Waals surface area contributed by atoms with E-state index in [1.807, 2.05) is 19.0 Å². The number of hydrogen-bond acceptors (Lipinski definition) is 4. The van der Waals surface area contributed by atoms with E-state index in [0.717, 1.165) is 19.4 Å². The SMILES string of the molecule is CN(C)CC1(O)CCCN(Cc2c(Cl)ccc(O)c2Cl)C1. The lowest BCUT2D eigenvalue weighted by molar-refractivity contribution is -0.0479. The van der Waals surface area contributed by atoms with Crippen molar-refractivity contribution in [2.45, 2.75) is 25.0 Å². The maximum Gasteiger partial charge on any atom is 0.134 e. The second-order valence-electron chi connectivity index (χ2n) is 6.14. The van der Waals surface area contributed by atoms with Crippen LogP contribution in [0, 0.1) is 0 Å². The molecule has 1 atom stereocenters. The number of β-amino-alcohol motifs (C(OH)–C–C–N with tert-alkyl or cyclic N) is 1. The highest BCUT2D eigenvalue weighted by Crippen LogP contribution is 2.34. The summed E-state index contributed by atoms with van der Waals surface area (Å²) in [4.78, 5) is 4.14. The van der Waals surface area contributed by atoms with Gasteiger partial charge in [-0.25, -0.2) is 0 Å². The third-order valence-corrected chi connectivity index (χ3v) is 4.57. The lowest BCUT2D eigenvalue weighted by Crippen LogP contribution is -2.52. The van der Waals surface area contributed by atoms with Crippen LogP contribution in [0.4, 0.5) is 0 Å². The maximum absolute atomic E-state index is 10.7. The summed E-state index contributed by atoms with van der Waals surface area (Å²) in [6, 6.07) is 3.14. The zero-order valence-corrected chi connectivity index (χ0v) is 14.0. The number of rotatable bonds is 4. The van der Waals surface area contributed by atoms with Crippen LogP contribution in [-0.4, -0.2) is 59.3 Å². The van der Waals surface area contributed by atoms with E-state index in [0.29, 0.717) is 35.2 Å². The number of benzene rings is 1. The summed E-state index contributed by atoms with van der Waals surface area (Å²) in [5, 5.41) is 21.2. The van der Waals surface area contributed by atoms with Crippen molar-refractivity contribution in [3.63, 3.8) is 0 Å². The molecule has 4 nitrogen and oxygen atoms in total. The fourth-order valence-electron chi connectivity index (χ4n) is 3.01. The molecule has 21 heavy (non-hydrogen) atoms. The Labute approximate surface area is 135 Å². The molecule has 2 rings (SSSR count). The molecule has 6 heteroatoms. The van der Waals surface area contributed by atoms with Crippen molar-refractivity contribution in [2.75, 3.05) is 33.7 Å². The van der Waals surface area contributed by atoms with E-state index in [-0.39, 0.29) is 5.75 Å². The molecule has 1 saturated heterocycles. The number of likely N-dealkylation sites (N-methyl/N-ethyl adjacent to an activating group) is 1. The molecule has 1 fully saturated rings. The topological polar surface area (TPSA) is 46.9 Å². The Kier molecular flexibility index (Phi) is 5.38. The fraction of sp³-hybridized carbons (Fsp3) is 0.600. The summed E-state index contributed by atoms with van der Waals surface area (Å²) < 4.78 is 0. The molecule has 0 spiro atoms. The van der Waals surface area contributed by atoms with Crippen LogP contribution < -0.4 is 0 Å². The number of aliphatic hydroxyl groups is 1. The van der Waals surface area contributed by atoms with Gasteiger partial charge >= 0.3 is 0 Å². The van der Waals surface area contributed by atoms with Crippen LogP contribution in [-0.2, 0) is 6.54 Å². The first-order chi connectivity index (χ1) is 9.81. The van der Waals surface area contributed by atoms with Crippen molar-refractivity contribution in [3.8, 4) is 5.75 Å². The van der Waals surface area contributed by atoms with E-state index in [1.54, 1.807) is 6.07 Å². The van der Waals surface area contributed by atoms with Crippen LogP contribution >= 0.6 is 23.2 Å². The number of phenols is 1. The average Bonchev–Trinajstić information content (AvgIpc) is 2.38. The molecule has 1 aromatic carbocycles. The summed E-state index contributed by atoms with van der Waals surface area (Å²) in [6.45, 7) is 2.62. The van der Waals surface area contributed by atoms with Gasteiger partial charge in [-0.3, -0.25) is 4.90 Å². The smallest absolute Gasteiger partial charge is 0.134 e. The van der Waals surface area contributed by atoms with Crippen molar-refractivity contribution in [1.82, 2.24) is 9.80 Å². The van der Waals surface area contributed by atoms with Crippen LogP contribution in [0.2, 0.25) is 10.0 Å². The Hall–Kier alpha value is -0.520. The Morgan fingerprint density at radius 3 is 2.71 bits per heavy atom. The minimum atomic E-state index is -0.711. The first-order valence-corrected chi connectivity index (χ1v) is 7.82. The average molecular weight is 333 g/mol. The van der Waals surface area contributed by atoms with E-state index in [9.17, 15) is 10.2 Å². The Bertz CT molecular complexity index is 511. The molecule has 0 radical (unpaired) electrons. The molecule has 1 aromatic rings. The number of nitrogens with zero attached hydrogens (tertiary/aromatic N) is 2. The lowest BCUT2D eigenvalue weighted by Gasteiger charge is -2.40. The molecule has 1 heterocycles. The van der Waals surface area contributed by atoms with Gasteiger partial charge in [0.1, 0.15) is 5.75 Å². The molecule has 0 saturated carbocycles. The van der Waals surface area contributed by atoms with Crippen molar-refractivity contribution < 1.29 is 10.2 Å². The number of aromatic hydroxyl groups is 1. The third-order valence-electron chi connectivity index (χ3n) is 3.79. The predicted molar refractivity (Wildman–Crippen MR) is 86.1 cm³/mol. The molecule has 0 aromatic heterocycles. The molecule has 0 aliphatic carbocycles. The summed E-state index contributed by atoms with van der Waals surface area (Å²) in [5.74, 6) is 0.0385. The van der Waals surface area contributed by atoms with Gasteiger partial charge < -0.3 is 15.1 Å². The Morgan fingerprint density at radius 1 is 1.33 bits per heavy atom. The van der Waals surface area contributed by atoms with Crippen LogP contribution in [0.5, 0.6) is 5.75 Å². The number of halogens is 2. The van der Waals surface area contributed by atoms with Crippen molar-refractivity contribution in [1.29, 1.82) is 0 Å². The number of phenolic OH excluding ortho intramolecular Hbond substituents is 1. The highest BCUT2D eigenvalue weighted by atomic mass is 35.5. The molecule has 2 N–H and O–H groups in total. The first-order valence-electron chi connectivity index (χ1n) is 7.06. The van der Waals surface area contributed by atoms with E-state index >= 15 is 0 Å². The van der Waals surface area contributed by atoms with Crippen molar-refractivity contribution >= 4 is 23.2 Å². The second kappa shape index (κ2) is 6.71. The van der Waals surface area contributed by atoms with Gasteiger partial charge in [0, 0.05) is 30.2 Å². The third kappa shape index (κ3) is 4.24. The quantitative estimate of drug-likeness (QED) is 0.889. The van der Waals surface area contributed by atoms with E-state index < -0.39 is 5.60 Å². The minimum absolute atomic E-state index is 0.0385. The summed E-state index contributed by atoms with van der Waals surface area (Å²) in [5.41, 5.74) is 0.00443. The van der Waals surface area contributed by atoms with Crippen molar-refractivity contribution in [2.24, 2.45) is 0 Å². The summed E-state index contributed by atoms with van der Waals surface area (Å²) in [6.07, 6.45) is 1.72. The van der Waals surface area contributed by atoms with E-state index in [4.69, 9.17) is 23.2 Å². The monoisotopic (exact) mass is 332 g/mol. The molecule has 118 valence electrons. The Balaban J connectivity index is 2.12. The maximum atomic E-state index is 10.7. The molecule has 1 aliphatic rings. The summed E-state index contributed by atoms with van der Waals surface area (Å²) in [7, 11) is 3.92. The number of piperidine rings is 1. The van der Waals surface area contributed by atoms with Gasteiger partial charge in [-0.05, 0) is 45.6 Å². The van der Waals surface area contributed by atoms with Crippen LogP contribution in [0.1, 0.15) is 18.4 Å². The van der Waals surface area contributed by atoms with E-state index in [2.05, 4.69) is 4.90 Å². The van der Waals surface area contributed by atoms with Gasteiger partial charge in [0.2, 0.25) is 0 Å². The van der Waals surface area contributed by atoms with Crippen LogP contribution in [0.3, 0.4) is 0 Å². The van der Waals surface area contributed by atoms with Crippen molar-refractivity contribution in [3.05, 3.63) is 27.7 Å². The van der Waals surface area contributed by atoms with Crippen LogP contribution in [0.25, 0.3) is 0 Å². The first kappa shape index (κ1) is 16.8. The highest BCUT2D eigenvalue weighted by Gasteiger charge is 2.34. The zero-order valence-electron chi connectivity index (χ0n) is 12.4. The van der Waals surface area contributed by atoms with Gasteiger partial charge in [0.25, 0.3) is 0 Å². The molecule has 0 bridgehead atoms. The van der Waals surface area contributed by atoms with Gasteiger partial charge in [0.05, 0.1) is 10.6 Å². The highest BCUT2D eigenvalue weighted by molar-refractivity contribution is 6.36. The normalized spacial score (nSPS) is 23.7. The predicted octanol–water partition coefficient (Wildman–Crippen LogP) is 2.59. The summed E-state index contributed by atoms with van der Waals surface area (Å²) >= 11 is 12.3. The minimum Gasteiger partial charge on any atom is -0.506 e. The molecular weight excluding hydrogens is 311 g/mol. The molecule has 1 unspecified atom stereocenters. The molecule has 0 amide bonds. The van der Waals surface area contributed by atoms with Gasteiger partial charge in [-0.1, -0.05) is 23.2 Å². The lowest BCUT2D eigenvalue weighted by atomic mass is 9.92. The standard InChI is InChI=1S/C15H22Cl2N2O2/c1-18(2)9-15(21)6-3-7-19(10-15)8-11-12(16)4-5-13(20)14(11)17/h4-5,20-21H,3,6-10H2,1-2H3. The van der Waals surface area contributed by atoms with Gasteiger partial charge in [-0.2, -0.15) is 0 Å². The zero-order chi connectivity index (χ0) is 15.6. The number of hydrogen-bond donors (Lipinski definition) is 2. The Morgan fingerprint density at radius 2 is 2.05 bits per heavy atom.